The van der Waals surface area contributed by atoms with Gasteiger partial charge >= 0.3 is 5.97 Å². The van der Waals surface area contributed by atoms with Crippen LogP contribution in [0.3, 0.4) is 0 Å². The number of rotatable bonds is 10. The van der Waals surface area contributed by atoms with Gasteiger partial charge in [-0.3, -0.25) is 9.78 Å². The van der Waals surface area contributed by atoms with Gasteiger partial charge in [0.2, 0.25) is 0 Å². The first-order valence-corrected chi connectivity index (χ1v) is 15.5. The van der Waals surface area contributed by atoms with Gasteiger partial charge in [0, 0.05) is 25.2 Å². The molecule has 2 fully saturated rings. The zero-order valence-electron chi connectivity index (χ0n) is 23.6. The summed E-state index contributed by atoms with van der Waals surface area (Å²) >= 11 is 0. The summed E-state index contributed by atoms with van der Waals surface area (Å²) in [6, 6.07) is 4.32. The molecule has 6 atom stereocenters. The number of hydrogen-bond acceptors (Lipinski definition) is 3. The van der Waals surface area contributed by atoms with Crippen molar-refractivity contribution in [3.05, 3.63) is 47.8 Å². The van der Waals surface area contributed by atoms with Crippen molar-refractivity contribution < 1.29 is 9.53 Å². The molecule has 0 amide bonds. The molecule has 3 nitrogen and oxygen atoms in total. The van der Waals surface area contributed by atoms with Crippen LogP contribution in [0.15, 0.2) is 42.3 Å². The minimum atomic E-state index is 0.0323. The van der Waals surface area contributed by atoms with Crippen molar-refractivity contribution >= 4 is 11.5 Å². The van der Waals surface area contributed by atoms with Crippen molar-refractivity contribution in [1.82, 2.24) is 4.98 Å². The second kappa shape index (κ2) is 11.5. The molecule has 202 valence electrons. The maximum Gasteiger partial charge on any atom is 0.306 e. The van der Waals surface area contributed by atoms with Crippen LogP contribution in [0, 0.1) is 28.6 Å². The summed E-state index contributed by atoms with van der Waals surface area (Å²) in [5.74, 6) is 2.28. The lowest BCUT2D eigenvalue weighted by molar-refractivity contribution is -0.151. The van der Waals surface area contributed by atoms with E-state index in [9.17, 15) is 4.79 Å². The minimum Gasteiger partial charge on any atom is -0.462 e. The molecule has 0 aliphatic heterocycles. The number of fused-ring (bicyclic) bond motifs is 5. The Morgan fingerprint density at radius 2 is 1.76 bits per heavy atom. The average Bonchev–Trinajstić information content (AvgIpc) is 3.26. The second-order valence-electron chi connectivity index (χ2n) is 13.0. The van der Waals surface area contributed by atoms with E-state index in [1.807, 2.05) is 6.20 Å². The number of aromatic nitrogens is 1. The van der Waals surface area contributed by atoms with Gasteiger partial charge in [-0.25, -0.2) is 0 Å². The molecular weight excluding hydrogens is 454 g/mol. The van der Waals surface area contributed by atoms with E-state index >= 15 is 0 Å². The summed E-state index contributed by atoms with van der Waals surface area (Å²) in [5.41, 5.74) is 5.01. The molecule has 0 saturated heterocycles. The van der Waals surface area contributed by atoms with Gasteiger partial charge in [-0.15, -0.1) is 0 Å². The van der Waals surface area contributed by atoms with E-state index in [0.717, 1.165) is 43.4 Å². The summed E-state index contributed by atoms with van der Waals surface area (Å²) in [5, 5.41) is 0. The lowest BCUT2D eigenvalue weighted by atomic mass is 9.47. The highest BCUT2D eigenvalue weighted by Gasteiger charge is 2.57. The van der Waals surface area contributed by atoms with Crippen LogP contribution in [0.2, 0.25) is 0 Å². The molecule has 4 aliphatic rings. The summed E-state index contributed by atoms with van der Waals surface area (Å²) in [4.78, 5) is 17.0. The van der Waals surface area contributed by atoms with Crippen molar-refractivity contribution in [3.63, 3.8) is 0 Å². The molecule has 3 heteroatoms. The minimum absolute atomic E-state index is 0.0323. The number of ether oxygens (including phenoxy) is 1. The van der Waals surface area contributed by atoms with Crippen LogP contribution in [-0.4, -0.2) is 17.1 Å². The zero-order valence-corrected chi connectivity index (χ0v) is 23.6. The molecule has 1 aromatic rings. The lowest BCUT2D eigenvalue weighted by Gasteiger charge is -2.57. The van der Waals surface area contributed by atoms with Gasteiger partial charge in [0.25, 0.3) is 0 Å². The van der Waals surface area contributed by atoms with E-state index in [0.29, 0.717) is 6.42 Å². The third-order valence-corrected chi connectivity index (χ3v) is 10.9. The van der Waals surface area contributed by atoms with Crippen LogP contribution in [0.1, 0.15) is 123 Å². The summed E-state index contributed by atoms with van der Waals surface area (Å²) in [6.45, 7) is 7.32. The molecule has 1 aromatic heterocycles. The van der Waals surface area contributed by atoms with Crippen molar-refractivity contribution in [2.24, 2.45) is 28.6 Å². The molecule has 0 aromatic carbocycles. The maximum absolute atomic E-state index is 12.6. The Labute approximate surface area is 225 Å². The van der Waals surface area contributed by atoms with Gasteiger partial charge in [-0.1, -0.05) is 83.1 Å². The van der Waals surface area contributed by atoms with Gasteiger partial charge in [0.05, 0.1) is 0 Å². The molecular formula is C34H49NO2. The van der Waals surface area contributed by atoms with Crippen LogP contribution in [0.4, 0.5) is 0 Å². The van der Waals surface area contributed by atoms with Crippen molar-refractivity contribution in [1.29, 1.82) is 0 Å². The third-order valence-electron chi connectivity index (χ3n) is 10.9. The van der Waals surface area contributed by atoms with Crippen molar-refractivity contribution in [2.45, 2.75) is 123 Å². The molecule has 0 N–H and O–H groups in total. The average molecular weight is 504 g/mol. The highest BCUT2D eigenvalue weighted by atomic mass is 16.5. The van der Waals surface area contributed by atoms with Crippen LogP contribution >= 0.6 is 0 Å². The number of unbranched alkanes of at least 4 members (excludes halogenated alkanes) is 6. The SMILES string of the molecule is CCCCCCCCCC(=O)O[C@H]1CC[C@@]2(C)C(=CC[C@@H]3[C@@H]2CC[C@]2(C)C(c4cccnc4)=CC[C@@H]32)C1. The highest BCUT2D eigenvalue weighted by molar-refractivity contribution is 5.72. The Hall–Kier alpha value is -1.90. The molecule has 37 heavy (non-hydrogen) atoms. The van der Waals surface area contributed by atoms with Gasteiger partial charge in [0.15, 0.2) is 0 Å². The van der Waals surface area contributed by atoms with Crippen LogP contribution < -0.4 is 0 Å². The van der Waals surface area contributed by atoms with E-state index < -0.39 is 0 Å². The van der Waals surface area contributed by atoms with Crippen molar-refractivity contribution in [2.75, 3.05) is 0 Å². The van der Waals surface area contributed by atoms with Gasteiger partial charge in [-0.05, 0) is 90.7 Å². The maximum atomic E-state index is 12.6. The number of nitrogens with zero attached hydrogens (tertiary/aromatic N) is 1. The van der Waals surface area contributed by atoms with Crippen LogP contribution in [0.25, 0.3) is 5.57 Å². The second-order valence-corrected chi connectivity index (χ2v) is 13.0. The Morgan fingerprint density at radius 3 is 2.54 bits per heavy atom. The fourth-order valence-corrected chi connectivity index (χ4v) is 8.74. The molecule has 0 radical (unpaired) electrons. The van der Waals surface area contributed by atoms with E-state index in [1.54, 1.807) is 11.1 Å². The Kier molecular flexibility index (Phi) is 8.27. The van der Waals surface area contributed by atoms with E-state index in [-0.39, 0.29) is 22.9 Å². The highest BCUT2D eigenvalue weighted by Crippen LogP contribution is 2.66. The van der Waals surface area contributed by atoms with E-state index in [4.69, 9.17) is 4.74 Å². The largest absolute Gasteiger partial charge is 0.462 e. The number of carbonyl (C=O) groups excluding carboxylic acids is 1. The molecule has 1 heterocycles. The fraction of sp³-hybridized carbons (Fsp3) is 0.706. The zero-order chi connectivity index (χ0) is 25.9. The summed E-state index contributed by atoms with van der Waals surface area (Å²) in [6.07, 6.45) is 26.5. The standard InChI is InChI=1S/C34H49NO2/c1-4-5-6-7-8-9-10-13-32(36)37-27-18-20-33(2)26(23-27)14-15-28-30-17-16-29(25-12-11-22-35-24-25)34(30,3)21-19-31(28)33/h11-12,14,16,22,24,27-28,30-31H,4-10,13,15,17-21,23H2,1-3H3/t27-,28-,30-,31-,33-,34+/m0/s1. The molecule has 0 spiro atoms. The van der Waals surface area contributed by atoms with Crippen molar-refractivity contribution in [3.8, 4) is 0 Å². The summed E-state index contributed by atoms with van der Waals surface area (Å²) in [7, 11) is 0. The first kappa shape index (κ1) is 26.7. The summed E-state index contributed by atoms with van der Waals surface area (Å²) < 4.78 is 6.02. The smallest absolute Gasteiger partial charge is 0.306 e. The molecule has 4 aliphatic carbocycles. The topological polar surface area (TPSA) is 39.2 Å². The molecule has 5 rings (SSSR count). The fourth-order valence-electron chi connectivity index (χ4n) is 8.74. The number of pyridine rings is 1. The van der Waals surface area contributed by atoms with Gasteiger partial charge < -0.3 is 4.74 Å². The normalized spacial score (nSPS) is 34.6. The lowest BCUT2D eigenvalue weighted by Crippen LogP contribution is -2.50. The van der Waals surface area contributed by atoms with Crippen LogP contribution in [-0.2, 0) is 9.53 Å². The van der Waals surface area contributed by atoms with Gasteiger partial charge in [0.1, 0.15) is 6.10 Å². The molecule has 2 saturated carbocycles. The number of allylic oxidation sites excluding steroid dienone is 3. The molecule has 0 bridgehead atoms. The first-order valence-electron chi connectivity index (χ1n) is 15.5. The number of carbonyl (C=O) groups is 1. The first-order chi connectivity index (χ1) is 18.0. The van der Waals surface area contributed by atoms with E-state index in [1.165, 1.54) is 69.8 Å². The Bertz CT molecular complexity index is 996. The Morgan fingerprint density at radius 1 is 0.973 bits per heavy atom. The predicted molar refractivity (Wildman–Crippen MR) is 152 cm³/mol. The van der Waals surface area contributed by atoms with Gasteiger partial charge in [-0.2, -0.15) is 0 Å². The van der Waals surface area contributed by atoms with E-state index in [2.05, 4.69) is 56.2 Å². The Balaban J connectivity index is 1.16. The molecule has 0 unspecified atom stereocenters. The quantitative estimate of drug-likeness (QED) is 0.181. The van der Waals surface area contributed by atoms with Crippen LogP contribution in [0.5, 0.6) is 0 Å². The number of hydrogen-bond donors (Lipinski definition) is 0. The third kappa shape index (κ3) is 5.34. The monoisotopic (exact) mass is 503 g/mol. The number of esters is 1. The predicted octanol–water partition coefficient (Wildman–Crippen LogP) is 9.09.